The highest BCUT2D eigenvalue weighted by Crippen LogP contribution is 2.16. The molecule has 1 aromatic carbocycles. The van der Waals surface area contributed by atoms with Crippen LogP contribution in [0.3, 0.4) is 0 Å². The van der Waals surface area contributed by atoms with E-state index in [4.69, 9.17) is 4.52 Å². The molecule has 1 unspecified atom stereocenters. The number of rotatable bonds is 6. The van der Waals surface area contributed by atoms with Gasteiger partial charge in [-0.25, -0.2) is 4.39 Å². The lowest BCUT2D eigenvalue weighted by atomic mass is 10.1. The zero-order valence-electron chi connectivity index (χ0n) is 13.8. The molecule has 1 atom stereocenters. The van der Waals surface area contributed by atoms with Gasteiger partial charge < -0.3 is 15.2 Å². The van der Waals surface area contributed by atoms with E-state index in [1.807, 2.05) is 0 Å². The monoisotopic (exact) mass is 368 g/mol. The van der Waals surface area contributed by atoms with E-state index in [1.165, 1.54) is 12.1 Å². The van der Waals surface area contributed by atoms with E-state index in [-0.39, 0.29) is 30.2 Å². The van der Waals surface area contributed by atoms with Crippen molar-refractivity contribution < 1.29 is 13.7 Å². The van der Waals surface area contributed by atoms with E-state index in [1.54, 1.807) is 12.1 Å². The molecule has 0 aliphatic carbocycles. The number of amides is 1. The zero-order chi connectivity index (χ0) is 16.8. The van der Waals surface area contributed by atoms with Crippen LogP contribution >= 0.6 is 12.4 Å². The first-order chi connectivity index (χ1) is 11.7. The first-order valence-electron chi connectivity index (χ1n) is 8.29. The van der Waals surface area contributed by atoms with Gasteiger partial charge in [-0.15, -0.1) is 12.4 Å². The highest BCUT2D eigenvalue weighted by atomic mass is 35.5. The number of aromatic nitrogens is 2. The first-order valence-corrected chi connectivity index (χ1v) is 8.29. The van der Waals surface area contributed by atoms with Gasteiger partial charge in [-0.3, -0.25) is 4.79 Å². The fourth-order valence-electron chi connectivity index (χ4n) is 2.75. The molecule has 1 aliphatic rings. The Morgan fingerprint density at radius 2 is 2.16 bits per heavy atom. The maximum Gasteiger partial charge on any atom is 0.226 e. The second-order valence-electron chi connectivity index (χ2n) is 5.98. The fourth-order valence-corrected chi connectivity index (χ4v) is 2.75. The Kier molecular flexibility index (Phi) is 7.33. The fraction of sp³-hybridized carbons (Fsp3) is 0.471. The number of hydrogen-bond donors (Lipinski definition) is 2. The average Bonchev–Trinajstić information content (AvgIpc) is 3.05. The summed E-state index contributed by atoms with van der Waals surface area (Å²) in [5.74, 6) is 0.674. The third-order valence-corrected chi connectivity index (χ3v) is 4.03. The molecule has 2 heterocycles. The van der Waals surface area contributed by atoms with E-state index < -0.39 is 0 Å². The SMILES string of the molecule is Cl.O=C(CCCc1nc(-c2ccc(F)cc2)no1)NC1CCCNC1. The number of carbonyl (C=O) groups excluding carboxylic acids is 1. The number of benzene rings is 1. The Balaban J connectivity index is 0.00000225. The summed E-state index contributed by atoms with van der Waals surface area (Å²) in [6, 6.07) is 6.16. The van der Waals surface area contributed by atoms with Gasteiger partial charge in [-0.2, -0.15) is 4.98 Å². The van der Waals surface area contributed by atoms with E-state index in [0.717, 1.165) is 25.9 Å². The summed E-state index contributed by atoms with van der Waals surface area (Å²) in [6.07, 6.45) is 3.76. The van der Waals surface area contributed by atoms with E-state index >= 15 is 0 Å². The molecule has 0 radical (unpaired) electrons. The Morgan fingerprint density at radius 1 is 1.36 bits per heavy atom. The lowest BCUT2D eigenvalue weighted by Crippen LogP contribution is -2.45. The number of halogens is 2. The number of nitrogens with one attached hydrogen (secondary N) is 2. The molecule has 3 rings (SSSR count). The van der Waals surface area contributed by atoms with E-state index in [9.17, 15) is 9.18 Å². The predicted molar refractivity (Wildman–Crippen MR) is 93.9 cm³/mol. The van der Waals surface area contributed by atoms with Gasteiger partial charge in [-0.1, -0.05) is 5.16 Å². The summed E-state index contributed by atoms with van der Waals surface area (Å²) in [4.78, 5) is 16.2. The number of piperidine rings is 1. The lowest BCUT2D eigenvalue weighted by molar-refractivity contribution is -0.122. The molecular formula is C17H22ClFN4O2. The minimum atomic E-state index is -0.304. The van der Waals surface area contributed by atoms with Gasteiger partial charge in [0, 0.05) is 31.0 Å². The number of carbonyl (C=O) groups is 1. The summed E-state index contributed by atoms with van der Waals surface area (Å²) in [5, 5.41) is 10.2. The minimum absolute atomic E-state index is 0. The Bertz CT molecular complexity index is 672. The van der Waals surface area contributed by atoms with Crippen molar-refractivity contribution in [3.63, 3.8) is 0 Å². The molecule has 0 spiro atoms. The van der Waals surface area contributed by atoms with Crippen LogP contribution in [0.4, 0.5) is 4.39 Å². The third kappa shape index (κ3) is 5.79. The largest absolute Gasteiger partial charge is 0.352 e. The first kappa shape index (κ1) is 19.3. The highest BCUT2D eigenvalue weighted by molar-refractivity contribution is 5.85. The van der Waals surface area contributed by atoms with Crippen LogP contribution in [0.25, 0.3) is 11.4 Å². The number of aryl methyl sites for hydroxylation is 1. The van der Waals surface area contributed by atoms with Crippen LogP contribution in [0.15, 0.2) is 28.8 Å². The van der Waals surface area contributed by atoms with Crippen LogP contribution in [0, 0.1) is 5.82 Å². The molecule has 1 amide bonds. The van der Waals surface area contributed by atoms with Crippen molar-refractivity contribution in [1.82, 2.24) is 20.8 Å². The van der Waals surface area contributed by atoms with Crippen LogP contribution < -0.4 is 10.6 Å². The molecule has 0 bridgehead atoms. The topological polar surface area (TPSA) is 80.0 Å². The maximum absolute atomic E-state index is 12.9. The van der Waals surface area contributed by atoms with Crippen molar-refractivity contribution in [2.45, 2.75) is 38.1 Å². The van der Waals surface area contributed by atoms with Crippen molar-refractivity contribution in [2.75, 3.05) is 13.1 Å². The van der Waals surface area contributed by atoms with E-state index in [2.05, 4.69) is 20.8 Å². The molecule has 1 aliphatic heterocycles. The van der Waals surface area contributed by atoms with Crippen molar-refractivity contribution in [3.8, 4) is 11.4 Å². The second-order valence-corrected chi connectivity index (χ2v) is 5.98. The quantitative estimate of drug-likeness (QED) is 0.818. The summed E-state index contributed by atoms with van der Waals surface area (Å²) >= 11 is 0. The van der Waals surface area contributed by atoms with Crippen LogP contribution in [-0.2, 0) is 11.2 Å². The van der Waals surface area contributed by atoms with Crippen molar-refractivity contribution >= 4 is 18.3 Å². The number of hydrogen-bond acceptors (Lipinski definition) is 5. The summed E-state index contributed by atoms with van der Waals surface area (Å²) in [5.41, 5.74) is 0.703. The Morgan fingerprint density at radius 3 is 2.88 bits per heavy atom. The van der Waals surface area contributed by atoms with Gasteiger partial charge >= 0.3 is 0 Å². The van der Waals surface area contributed by atoms with Gasteiger partial charge in [0.15, 0.2) is 0 Å². The van der Waals surface area contributed by atoms with Crippen molar-refractivity contribution in [1.29, 1.82) is 0 Å². The summed E-state index contributed by atoms with van der Waals surface area (Å²) < 4.78 is 18.1. The van der Waals surface area contributed by atoms with E-state index in [0.29, 0.717) is 36.5 Å². The van der Waals surface area contributed by atoms with Gasteiger partial charge in [0.2, 0.25) is 17.6 Å². The molecule has 1 aromatic heterocycles. The smallest absolute Gasteiger partial charge is 0.226 e. The molecule has 8 heteroatoms. The molecule has 25 heavy (non-hydrogen) atoms. The van der Waals surface area contributed by atoms with Gasteiger partial charge in [0.25, 0.3) is 0 Å². The van der Waals surface area contributed by atoms with Crippen LogP contribution in [-0.4, -0.2) is 35.2 Å². The molecular weight excluding hydrogens is 347 g/mol. The molecule has 1 fully saturated rings. The third-order valence-electron chi connectivity index (χ3n) is 4.03. The average molecular weight is 369 g/mol. The lowest BCUT2D eigenvalue weighted by Gasteiger charge is -2.23. The molecule has 1 saturated heterocycles. The van der Waals surface area contributed by atoms with Gasteiger partial charge in [0.05, 0.1) is 0 Å². The molecule has 6 nitrogen and oxygen atoms in total. The highest BCUT2D eigenvalue weighted by Gasteiger charge is 2.15. The summed E-state index contributed by atoms with van der Waals surface area (Å²) in [6.45, 7) is 1.87. The van der Waals surface area contributed by atoms with Crippen LogP contribution in [0.5, 0.6) is 0 Å². The molecule has 136 valence electrons. The van der Waals surface area contributed by atoms with Crippen molar-refractivity contribution in [3.05, 3.63) is 36.0 Å². The minimum Gasteiger partial charge on any atom is -0.352 e. The zero-order valence-corrected chi connectivity index (χ0v) is 14.7. The van der Waals surface area contributed by atoms with Gasteiger partial charge in [0.1, 0.15) is 5.82 Å². The van der Waals surface area contributed by atoms with Crippen LogP contribution in [0.1, 0.15) is 31.6 Å². The molecule has 2 aromatic rings. The van der Waals surface area contributed by atoms with Crippen LogP contribution in [0.2, 0.25) is 0 Å². The molecule has 0 saturated carbocycles. The maximum atomic E-state index is 12.9. The van der Waals surface area contributed by atoms with Crippen molar-refractivity contribution in [2.24, 2.45) is 0 Å². The normalized spacial score (nSPS) is 16.9. The van der Waals surface area contributed by atoms with Gasteiger partial charge in [-0.05, 0) is 50.1 Å². The standard InChI is InChI=1S/C17H21FN4O2.ClH/c18-13-8-6-12(7-9-13)17-21-16(24-22-17)5-1-4-15(23)20-14-3-2-10-19-11-14;/h6-9,14,19H,1-5,10-11H2,(H,20,23);1H. The summed E-state index contributed by atoms with van der Waals surface area (Å²) in [7, 11) is 0. The second kappa shape index (κ2) is 9.48. The predicted octanol–water partition coefficient (Wildman–Crippen LogP) is 2.49. The Hall–Kier alpha value is -1.99. The molecule has 2 N–H and O–H groups in total. The number of nitrogens with zero attached hydrogens (tertiary/aromatic N) is 2. The Labute approximate surface area is 152 Å².